The SMILES string of the molecule is CCC[C@H]1CN[C@@H]([C@@H](C)CC)C(=O)N(C)CC(=O)N(C)[C@H]2C/C=C\CCN(C2=O)[C@@H](CC2CCC(C(F)(F)F)CC2)C(=O)N(C)CC(=O)N[C@@H](CCC2CCC(C(F)(F)F)C(Cl)C2)C(=O)N2CCCC[C@H]2C(=O)NC2(CC(C)(C)C2)C(=O)N(C)[C@@H](C(CC)CC)C(=O)N(C)[C@H](C(=O)N(C)C)CC(=O)N1C. The van der Waals surface area contributed by atoms with Crippen LogP contribution in [-0.2, 0) is 52.7 Å². The van der Waals surface area contributed by atoms with Crippen molar-refractivity contribution in [1.82, 2.24) is 60.0 Å². The van der Waals surface area contributed by atoms with E-state index in [0.717, 1.165) is 4.90 Å². The molecule has 1 spiro atoms. The van der Waals surface area contributed by atoms with Crippen LogP contribution in [0, 0.1) is 40.9 Å². The molecule has 3 aliphatic carbocycles. The van der Waals surface area contributed by atoms with Gasteiger partial charge in [-0.25, -0.2) is 0 Å². The topological polar surface area (TPSA) is 253 Å². The second-order valence-electron chi connectivity index (χ2n) is 32.2. The van der Waals surface area contributed by atoms with E-state index in [9.17, 15) is 50.3 Å². The number of carbonyl (C=O) groups is 11. The Morgan fingerprint density at radius 2 is 1.29 bits per heavy atom. The van der Waals surface area contributed by atoms with Gasteiger partial charge in [0.15, 0.2) is 0 Å². The van der Waals surface area contributed by atoms with E-state index in [0.29, 0.717) is 44.9 Å². The van der Waals surface area contributed by atoms with Crippen molar-refractivity contribution in [2.24, 2.45) is 40.9 Å². The summed E-state index contributed by atoms with van der Waals surface area (Å²) in [5.74, 6) is -12.2. The largest absolute Gasteiger partial charge is 0.393 e. The van der Waals surface area contributed by atoms with Crippen LogP contribution in [0.5, 0.6) is 0 Å². The Kier molecular flexibility index (Phi) is 31.5. The van der Waals surface area contributed by atoms with Crippen LogP contribution in [0.3, 0.4) is 0 Å². The van der Waals surface area contributed by atoms with Gasteiger partial charge < -0.3 is 60.0 Å². The fourth-order valence-corrected chi connectivity index (χ4v) is 17.7. The van der Waals surface area contributed by atoms with Crippen LogP contribution >= 0.6 is 11.6 Å². The normalized spacial score (nSPS) is 30.9. The zero-order valence-electron chi connectivity index (χ0n) is 64.8. The smallest absolute Gasteiger partial charge is 0.347 e. The molecule has 0 aromatic carbocycles. The van der Waals surface area contributed by atoms with Crippen molar-refractivity contribution in [2.45, 2.75) is 268 Å². The van der Waals surface area contributed by atoms with Crippen LogP contribution in [0.1, 0.15) is 196 Å². The summed E-state index contributed by atoms with van der Waals surface area (Å²) in [6.45, 7) is 12.1. The van der Waals surface area contributed by atoms with Crippen molar-refractivity contribution in [2.75, 3.05) is 89.1 Å². The molecule has 2 saturated heterocycles. The molecule has 11 amide bonds. The van der Waals surface area contributed by atoms with Crippen LogP contribution in [0.4, 0.5) is 26.3 Å². The Bertz CT molecular complexity index is 3070. The molecule has 0 aromatic rings. The molecule has 596 valence electrons. The average Bonchev–Trinajstić information content (AvgIpc) is 0.731. The van der Waals surface area contributed by atoms with Gasteiger partial charge in [-0.3, -0.25) is 52.7 Å². The molecule has 30 heteroatoms. The quantitative estimate of drug-likeness (QED) is 0.0897. The fraction of sp³-hybridized carbons (Fsp3) is 0.827. The molecular formula is C75H121ClF6N12O11. The van der Waals surface area contributed by atoms with Crippen LogP contribution in [0.2, 0.25) is 0 Å². The van der Waals surface area contributed by atoms with Crippen molar-refractivity contribution >= 4 is 76.6 Å². The molecular weight excluding hydrogens is 1390 g/mol. The van der Waals surface area contributed by atoms with E-state index >= 15 is 28.8 Å². The van der Waals surface area contributed by atoms with Gasteiger partial charge in [0.05, 0.1) is 37.4 Å². The van der Waals surface area contributed by atoms with E-state index in [4.69, 9.17) is 11.6 Å². The Morgan fingerprint density at radius 1 is 0.657 bits per heavy atom. The third-order valence-corrected chi connectivity index (χ3v) is 24.2. The Hall–Kier alpha value is -6.26. The number of halogens is 7. The maximum Gasteiger partial charge on any atom is 0.393 e. The summed E-state index contributed by atoms with van der Waals surface area (Å²) in [5, 5.41) is 7.99. The predicted molar refractivity (Wildman–Crippen MR) is 386 cm³/mol. The Balaban J connectivity index is 1.46. The first-order valence-electron chi connectivity index (χ1n) is 38.2. The second kappa shape index (κ2) is 37.7. The molecule has 0 radical (unpaired) electrons. The lowest BCUT2D eigenvalue weighted by Crippen LogP contribution is -2.72. The number of rotatable bonds is 13. The molecule has 3 unspecified atom stereocenters. The standard InChI is InChI=1S/C75H121ClF6N12O11/c1-16-25-51-41-83-62(46(5)17-2)69(103)88(11)43-61(97)90(13)56-27-21-20-23-36-94(68(56)102)58(39-48-28-32-50(33-29-48)74(77,78)79)67(101)87(10)42-59(95)84-54(35-31-47-30-34-52(53(76)38-47)75(80,81)82)65(99)93-37-24-22-26-55(93)64(98)85-73(44-72(6,7)45-73)71(105)92(15)63(49(18-3)19-4)70(104)91(14)57(66(100)86(8)9)40-60(96)89(51)12/h20-21,46-58,62-63,83H,16-19,22-45H2,1-15H3,(H,84,95)(H,85,98)/b21-20-/t46-,47?,48?,50?,51-,52?,53?,54-,55-,56-,57-,58-,62-,63-/m0/s1. The van der Waals surface area contributed by atoms with Crippen LogP contribution in [0.25, 0.3) is 0 Å². The van der Waals surface area contributed by atoms with E-state index in [2.05, 4.69) is 16.0 Å². The lowest BCUT2D eigenvalue weighted by atomic mass is 9.58. The summed E-state index contributed by atoms with van der Waals surface area (Å²) in [6, 6.07) is -9.37. The highest BCUT2D eigenvalue weighted by Crippen LogP contribution is 2.50. The monoisotopic (exact) mass is 1510 g/mol. The van der Waals surface area contributed by atoms with E-state index in [1.165, 1.54) is 88.5 Å². The summed E-state index contributed by atoms with van der Waals surface area (Å²) < 4.78 is 84.7. The molecule has 3 aliphatic heterocycles. The van der Waals surface area contributed by atoms with Gasteiger partial charge in [-0.2, -0.15) is 26.3 Å². The van der Waals surface area contributed by atoms with Crippen molar-refractivity contribution in [3.63, 3.8) is 0 Å². The molecule has 3 heterocycles. The third-order valence-electron chi connectivity index (χ3n) is 23.8. The number of hydrogen-bond donors (Lipinski definition) is 3. The van der Waals surface area contributed by atoms with Gasteiger partial charge in [0.1, 0.15) is 41.8 Å². The van der Waals surface area contributed by atoms with Gasteiger partial charge in [-0.05, 0) is 145 Å². The molecule has 0 aromatic heterocycles. The first kappa shape index (κ1) is 87.6. The second-order valence-corrected chi connectivity index (χ2v) is 32.7. The Labute approximate surface area is 623 Å². The number of amides is 11. The molecule has 23 nitrogen and oxygen atoms in total. The number of alkyl halides is 7. The van der Waals surface area contributed by atoms with Gasteiger partial charge in [-0.1, -0.05) is 86.3 Å². The lowest BCUT2D eigenvalue weighted by molar-refractivity contribution is -0.184. The van der Waals surface area contributed by atoms with Crippen molar-refractivity contribution in [1.29, 1.82) is 0 Å². The summed E-state index contributed by atoms with van der Waals surface area (Å²) >= 11 is 6.43. The summed E-state index contributed by atoms with van der Waals surface area (Å²) in [5.41, 5.74) is -2.15. The minimum atomic E-state index is -4.55. The number of likely N-dealkylation sites (N-methyl/N-ethyl adjacent to an activating group) is 7. The van der Waals surface area contributed by atoms with Crippen molar-refractivity contribution < 1.29 is 79.1 Å². The van der Waals surface area contributed by atoms with Gasteiger partial charge in [0, 0.05) is 87.4 Å². The van der Waals surface area contributed by atoms with Gasteiger partial charge in [0.25, 0.3) is 0 Å². The summed E-state index contributed by atoms with van der Waals surface area (Å²) in [6.07, 6.45) is -2.92. The molecule has 6 rings (SSSR count). The first-order valence-corrected chi connectivity index (χ1v) is 38.7. The van der Waals surface area contributed by atoms with Gasteiger partial charge in [0.2, 0.25) is 65.0 Å². The maximum atomic E-state index is 15.7. The van der Waals surface area contributed by atoms with E-state index in [-0.39, 0.29) is 122 Å². The molecule has 3 saturated carbocycles. The summed E-state index contributed by atoms with van der Waals surface area (Å²) in [7, 11) is 11.7. The Morgan fingerprint density at radius 3 is 1.86 bits per heavy atom. The summed E-state index contributed by atoms with van der Waals surface area (Å²) in [4.78, 5) is 178. The molecule has 3 N–H and O–H groups in total. The number of piperidine rings is 1. The van der Waals surface area contributed by atoms with E-state index in [1.54, 1.807) is 19.2 Å². The number of hydrogen-bond acceptors (Lipinski definition) is 12. The third kappa shape index (κ3) is 22.0. The van der Waals surface area contributed by atoms with Crippen LogP contribution in [0.15, 0.2) is 12.2 Å². The number of nitrogens with one attached hydrogen (secondary N) is 3. The van der Waals surface area contributed by atoms with Crippen LogP contribution in [-0.4, -0.2) is 270 Å². The fourth-order valence-electron chi connectivity index (χ4n) is 17.2. The highest BCUT2D eigenvalue weighted by Gasteiger charge is 2.59. The number of fused-ring (bicyclic) bond motifs is 3. The highest BCUT2D eigenvalue weighted by molar-refractivity contribution is 6.20. The molecule has 105 heavy (non-hydrogen) atoms. The van der Waals surface area contributed by atoms with Crippen molar-refractivity contribution in [3.05, 3.63) is 12.2 Å². The number of nitrogens with zero attached hydrogens (tertiary/aromatic N) is 9. The molecule has 12 atom stereocenters. The molecule has 6 aliphatic rings. The predicted octanol–water partition coefficient (Wildman–Crippen LogP) is 8.16. The molecule has 2 bridgehead atoms. The minimum Gasteiger partial charge on any atom is -0.347 e. The zero-order valence-corrected chi connectivity index (χ0v) is 65.5. The van der Waals surface area contributed by atoms with Crippen molar-refractivity contribution in [3.8, 4) is 0 Å². The first-order chi connectivity index (χ1) is 49.1. The van der Waals surface area contributed by atoms with Gasteiger partial charge in [-0.15, -0.1) is 11.6 Å². The van der Waals surface area contributed by atoms with E-state index < -0.39 is 191 Å². The van der Waals surface area contributed by atoms with E-state index in [1.807, 2.05) is 48.5 Å². The van der Waals surface area contributed by atoms with Crippen LogP contribution < -0.4 is 16.0 Å². The highest BCUT2D eigenvalue weighted by atomic mass is 35.5. The minimum absolute atomic E-state index is 0.00819. The maximum absolute atomic E-state index is 15.7. The average molecular weight is 1520 g/mol. The molecule has 5 fully saturated rings. The number of carbonyl (C=O) groups excluding carboxylic acids is 11. The zero-order chi connectivity index (χ0) is 78.5. The van der Waals surface area contributed by atoms with Gasteiger partial charge >= 0.3 is 12.4 Å². The lowest BCUT2D eigenvalue weighted by Gasteiger charge is -2.54.